The van der Waals surface area contributed by atoms with E-state index < -0.39 is 0 Å². The summed E-state index contributed by atoms with van der Waals surface area (Å²) in [6, 6.07) is 9.86. The molecule has 1 aromatic carbocycles. The molecule has 0 amide bonds. The Labute approximate surface area is 108 Å². The van der Waals surface area contributed by atoms with Crippen molar-refractivity contribution in [2.45, 2.75) is 37.8 Å². The minimum absolute atomic E-state index is 0.0615. The molecule has 1 heterocycles. The van der Waals surface area contributed by atoms with Crippen molar-refractivity contribution in [2.24, 2.45) is 5.92 Å². The second kappa shape index (κ2) is 4.73. The van der Waals surface area contributed by atoms with Crippen LogP contribution in [0.3, 0.4) is 0 Å². The van der Waals surface area contributed by atoms with Crippen LogP contribution < -0.4 is 5.32 Å². The molecule has 2 bridgehead atoms. The number of carbonyl (C=O) groups is 1. The highest BCUT2D eigenvalue weighted by Gasteiger charge is 2.48. The molecular weight excluding hydrogens is 226 g/mol. The summed E-state index contributed by atoms with van der Waals surface area (Å²) in [5, 5.41) is 3.39. The second-order valence-corrected chi connectivity index (χ2v) is 5.49. The molecule has 0 spiro atoms. The Morgan fingerprint density at radius 1 is 1.39 bits per heavy atom. The first-order valence-electron chi connectivity index (χ1n) is 6.75. The summed E-state index contributed by atoms with van der Waals surface area (Å²) >= 11 is 0. The first-order chi connectivity index (χ1) is 8.78. The topological polar surface area (TPSA) is 38.3 Å². The lowest BCUT2D eigenvalue weighted by atomic mass is 9.80. The number of esters is 1. The maximum absolute atomic E-state index is 12.3. The Morgan fingerprint density at radius 3 is 3.06 bits per heavy atom. The molecule has 2 unspecified atom stereocenters. The van der Waals surface area contributed by atoms with Crippen molar-refractivity contribution in [3.8, 4) is 0 Å². The van der Waals surface area contributed by atoms with Crippen LogP contribution in [0.15, 0.2) is 30.3 Å². The molecule has 3 nitrogen and oxygen atoms in total. The summed E-state index contributed by atoms with van der Waals surface area (Å²) < 4.78 is 5.49. The first kappa shape index (κ1) is 11.7. The van der Waals surface area contributed by atoms with Gasteiger partial charge in [0.2, 0.25) is 0 Å². The molecule has 3 heteroatoms. The quantitative estimate of drug-likeness (QED) is 0.830. The van der Waals surface area contributed by atoms with Gasteiger partial charge in [-0.3, -0.25) is 4.79 Å². The van der Waals surface area contributed by atoms with E-state index in [1.54, 1.807) is 0 Å². The fourth-order valence-electron chi connectivity index (χ4n) is 3.18. The highest BCUT2D eigenvalue weighted by atomic mass is 16.5. The van der Waals surface area contributed by atoms with Crippen molar-refractivity contribution >= 4 is 5.97 Å². The number of carbonyl (C=O) groups excluding carboxylic acids is 1. The minimum atomic E-state index is -0.377. The largest absolute Gasteiger partial charge is 0.459 e. The Bertz CT molecular complexity index is 427. The summed E-state index contributed by atoms with van der Waals surface area (Å²) in [5.41, 5.74) is 0.671. The molecule has 1 aliphatic carbocycles. The number of hydrogen-bond donors (Lipinski definition) is 1. The molecule has 2 atom stereocenters. The van der Waals surface area contributed by atoms with Crippen molar-refractivity contribution in [1.29, 1.82) is 0 Å². The fourth-order valence-corrected chi connectivity index (χ4v) is 3.18. The lowest BCUT2D eigenvalue weighted by molar-refractivity contribution is -0.153. The highest BCUT2D eigenvalue weighted by Crippen LogP contribution is 2.38. The number of fused-ring (bicyclic) bond motifs is 2. The maximum atomic E-state index is 12.3. The van der Waals surface area contributed by atoms with Crippen molar-refractivity contribution in [3.05, 3.63) is 35.9 Å². The van der Waals surface area contributed by atoms with Gasteiger partial charge in [0.05, 0.1) is 0 Å². The van der Waals surface area contributed by atoms with E-state index in [-0.39, 0.29) is 11.5 Å². The lowest BCUT2D eigenvalue weighted by Gasteiger charge is -2.30. The van der Waals surface area contributed by atoms with Crippen LogP contribution >= 0.6 is 0 Å². The Hall–Kier alpha value is -1.35. The molecular formula is C15H19NO2. The zero-order valence-corrected chi connectivity index (χ0v) is 10.5. The summed E-state index contributed by atoms with van der Waals surface area (Å²) in [7, 11) is 0. The minimum Gasteiger partial charge on any atom is -0.459 e. The van der Waals surface area contributed by atoms with Crippen LogP contribution in [0.5, 0.6) is 0 Å². The Balaban J connectivity index is 1.62. The van der Waals surface area contributed by atoms with E-state index in [9.17, 15) is 4.79 Å². The van der Waals surface area contributed by atoms with E-state index >= 15 is 0 Å². The van der Waals surface area contributed by atoms with Crippen LogP contribution in [0.2, 0.25) is 0 Å². The van der Waals surface area contributed by atoms with Gasteiger partial charge < -0.3 is 10.1 Å². The van der Waals surface area contributed by atoms with Gasteiger partial charge in [0.15, 0.2) is 0 Å². The SMILES string of the molecule is O=C(OCc1ccccc1)C12CCCC(CN1)C2. The summed E-state index contributed by atoms with van der Waals surface area (Å²) in [5.74, 6) is 0.608. The summed E-state index contributed by atoms with van der Waals surface area (Å²) in [6.07, 6.45) is 4.27. The zero-order chi connectivity index (χ0) is 12.4. The number of hydrogen-bond acceptors (Lipinski definition) is 3. The van der Waals surface area contributed by atoms with Crippen LogP contribution in [-0.2, 0) is 16.1 Å². The lowest BCUT2D eigenvalue weighted by Crippen LogP contribution is -2.49. The van der Waals surface area contributed by atoms with Gasteiger partial charge in [-0.2, -0.15) is 0 Å². The average molecular weight is 245 g/mol. The molecule has 0 radical (unpaired) electrons. The van der Waals surface area contributed by atoms with E-state index in [4.69, 9.17) is 4.74 Å². The van der Waals surface area contributed by atoms with Crippen molar-refractivity contribution in [1.82, 2.24) is 5.32 Å². The van der Waals surface area contributed by atoms with E-state index in [2.05, 4.69) is 5.32 Å². The van der Waals surface area contributed by atoms with Crippen LogP contribution in [-0.4, -0.2) is 18.1 Å². The monoisotopic (exact) mass is 245 g/mol. The van der Waals surface area contributed by atoms with Gasteiger partial charge >= 0.3 is 5.97 Å². The third kappa shape index (κ3) is 2.15. The van der Waals surface area contributed by atoms with Gasteiger partial charge in [-0.1, -0.05) is 36.8 Å². The molecule has 1 saturated carbocycles. The third-order valence-corrected chi connectivity index (χ3v) is 4.19. The summed E-state index contributed by atoms with van der Waals surface area (Å²) in [6.45, 7) is 1.36. The van der Waals surface area contributed by atoms with Crippen LogP contribution in [0.4, 0.5) is 0 Å². The average Bonchev–Trinajstić information content (AvgIpc) is 2.73. The second-order valence-electron chi connectivity index (χ2n) is 5.49. The third-order valence-electron chi connectivity index (χ3n) is 4.19. The van der Waals surface area contributed by atoms with Crippen LogP contribution in [0, 0.1) is 5.92 Å². The molecule has 1 aromatic rings. The van der Waals surface area contributed by atoms with Gasteiger partial charge in [0.1, 0.15) is 12.1 Å². The zero-order valence-electron chi connectivity index (χ0n) is 10.5. The predicted molar refractivity (Wildman–Crippen MR) is 68.9 cm³/mol. The molecule has 1 aliphatic heterocycles. The number of rotatable bonds is 3. The molecule has 1 N–H and O–H groups in total. The predicted octanol–water partition coefficient (Wildman–Crippen LogP) is 2.26. The molecule has 18 heavy (non-hydrogen) atoms. The van der Waals surface area contributed by atoms with Gasteiger partial charge in [-0.15, -0.1) is 0 Å². The molecule has 1 saturated heterocycles. The smallest absolute Gasteiger partial charge is 0.326 e. The van der Waals surface area contributed by atoms with E-state index in [0.29, 0.717) is 12.5 Å². The van der Waals surface area contributed by atoms with Gasteiger partial charge in [-0.25, -0.2) is 0 Å². The van der Waals surface area contributed by atoms with Crippen molar-refractivity contribution in [3.63, 3.8) is 0 Å². The van der Waals surface area contributed by atoms with E-state index in [1.165, 1.54) is 6.42 Å². The number of nitrogens with one attached hydrogen (secondary N) is 1. The van der Waals surface area contributed by atoms with Crippen molar-refractivity contribution in [2.75, 3.05) is 6.54 Å². The number of benzene rings is 1. The number of ether oxygens (including phenoxy) is 1. The van der Waals surface area contributed by atoms with E-state index in [1.807, 2.05) is 30.3 Å². The van der Waals surface area contributed by atoms with Gasteiger partial charge in [-0.05, 0) is 37.3 Å². The Morgan fingerprint density at radius 2 is 2.22 bits per heavy atom. The first-order valence-corrected chi connectivity index (χ1v) is 6.75. The summed E-state index contributed by atoms with van der Waals surface area (Å²) in [4.78, 5) is 12.3. The van der Waals surface area contributed by atoms with Gasteiger partial charge in [0.25, 0.3) is 0 Å². The molecule has 2 fully saturated rings. The van der Waals surface area contributed by atoms with Crippen molar-refractivity contribution < 1.29 is 9.53 Å². The molecule has 3 rings (SSSR count). The fraction of sp³-hybridized carbons (Fsp3) is 0.533. The van der Waals surface area contributed by atoms with E-state index in [0.717, 1.165) is 31.4 Å². The van der Waals surface area contributed by atoms with Crippen LogP contribution in [0.1, 0.15) is 31.2 Å². The maximum Gasteiger partial charge on any atom is 0.326 e. The van der Waals surface area contributed by atoms with Gasteiger partial charge in [0, 0.05) is 0 Å². The Kier molecular flexibility index (Phi) is 3.08. The highest BCUT2D eigenvalue weighted by molar-refractivity contribution is 5.81. The normalized spacial score (nSPS) is 30.1. The molecule has 96 valence electrons. The standard InChI is InChI=1S/C15H19NO2/c17-14(18-11-12-5-2-1-3-6-12)15-8-4-7-13(9-15)10-16-15/h1-3,5-6,13,16H,4,7-11H2. The van der Waals surface area contributed by atoms with Crippen LogP contribution in [0.25, 0.3) is 0 Å². The molecule has 0 aromatic heterocycles. The molecule has 2 aliphatic rings.